The molecule has 0 N–H and O–H groups in total. The summed E-state index contributed by atoms with van der Waals surface area (Å²) >= 11 is 0. The quantitative estimate of drug-likeness (QED) is 0.258. The van der Waals surface area contributed by atoms with Gasteiger partial charge in [-0.15, -0.1) is 0 Å². The second-order valence-corrected chi connectivity index (χ2v) is 15.1. The molecule has 8 atom stereocenters. The van der Waals surface area contributed by atoms with Gasteiger partial charge in [0.15, 0.2) is 0 Å². The molecule has 216 valence electrons. The van der Waals surface area contributed by atoms with Crippen molar-refractivity contribution >= 4 is 16.7 Å². The van der Waals surface area contributed by atoms with E-state index in [1.54, 1.807) is 5.57 Å². The standard InChI is InChI=1S/C38H52O2/c1-25(2)10-8-11-26(3)33-18-19-34-32-17-16-28-24-29(20-22-37(28,4)35(32)21-23-38(33,34)5)40-36(39)31-15-9-13-27-12-6-7-14-30(27)31/h6-7,9,12-16,25-26,29,32-35H,8,10-11,17-24H2,1-5H3. The zero-order valence-corrected chi connectivity index (χ0v) is 25.8. The third-order valence-corrected chi connectivity index (χ3v) is 12.5. The molecule has 0 amide bonds. The Hall–Kier alpha value is -2.09. The van der Waals surface area contributed by atoms with Crippen molar-refractivity contribution in [2.75, 3.05) is 0 Å². The molecule has 0 aromatic heterocycles. The fourth-order valence-corrected chi connectivity index (χ4v) is 10.4. The summed E-state index contributed by atoms with van der Waals surface area (Å²) in [4.78, 5) is 13.3. The van der Waals surface area contributed by atoms with E-state index in [1.807, 2.05) is 30.3 Å². The lowest BCUT2D eigenvalue weighted by atomic mass is 9.47. The fraction of sp³-hybridized carbons (Fsp3) is 0.658. The molecule has 3 fully saturated rings. The highest BCUT2D eigenvalue weighted by Crippen LogP contribution is 2.67. The summed E-state index contributed by atoms with van der Waals surface area (Å²) in [6.07, 6.45) is 16.8. The Morgan fingerprint density at radius 3 is 2.55 bits per heavy atom. The number of esters is 1. The Morgan fingerprint density at radius 1 is 0.925 bits per heavy atom. The molecule has 0 bridgehead atoms. The number of allylic oxidation sites excluding steroid dienone is 1. The lowest BCUT2D eigenvalue weighted by Gasteiger charge is -2.58. The van der Waals surface area contributed by atoms with E-state index in [1.165, 1.54) is 51.4 Å². The van der Waals surface area contributed by atoms with Gasteiger partial charge in [0.1, 0.15) is 6.10 Å². The maximum atomic E-state index is 13.3. The van der Waals surface area contributed by atoms with E-state index in [0.717, 1.165) is 65.5 Å². The van der Waals surface area contributed by atoms with Crippen molar-refractivity contribution in [2.24, 2.45) is 46.3 Å². The number of fused-ring (bicyclic) bond motifs is 6. The lowest BCUT2D eigenvalue weighted by molar-refractivity contribution is -0.0594. The van der Waals surface area contributed by atoms with Gasteiger partial charge in [0.2, 0.25) is 0 Å². The van der Waals surface area contributed by atoms with Crippen LogP contribution in [0, 0.1) is 46.3 Å². The third kappa shape index (κ3) is 4.86. The average molecular weight is 541 g/mol. The van der Waals surface area contributed by atoms with Gasteiger partial charge < -0.3 is 4.74 Å². The van der Waals surface area contributed by atoms with E-state index in [-0.39, 0.29) is 17.5 Å². The largest absolute Gasteiger partial charge is 0.458 e. The molecule has 0 spiro atoms. The number of hydrogen-bond acceptors (Lipinski definition) is 2. The van der Waals surface area contributed by atoms with Crippen LogP contribution in [0.4, 0.5) is 0 Å². The Morgan fingerprint density at radius 2 is 1.73 bits per heavy atom. The number of carbonyl (C=O) groups excluding carboxylic acids is 1. The van der Waals surface area contributed by atoms with Crippen molar-refractivity contribution in [3.05, 3.63) is 59.7 Å². The van der Waals surface area contributed by atoms with Crippen LogP contribution in [0.1, 0.15) is 116 Å². The highest BCUT2D eigenvalue weighted by molar-refractivity contribution is 6.04. The number of hydrogen-bond donors (Lipinski definition) is 0. The van der Waals surface area contributed by atoms with Crippen molar-refractivity contribution < 1.29 is 9.53 Å². The van der Waals surface area contributed by atoms with Crippen LogP contribution in [0.15, 0.2) is 54.1 Å². The molecule has 2 nitrogen and oxygen atoms in total. The number of rotatable bonds is 7. The SMILES string of the molecule is CC(C)CCCC(C)C1CCC2C3CC=C4CC(OC(=O)c5cccc6ccccc56)CCC4(C)C3CCC12C. The highest BCUT2D eigenvalue weighted by Gasteiger charge is 2.59. The summed E-state index contributed by atoms with van der Waals surface area (Å²) in [7, 11) is 0. The molecule has 4 aliphatic rings. The third-order valence-electron chi connectivity index (χ3n) is 12.5. The molecule has 0 radical (unpaired) electrons. The molecule has 3 saturated carbocycles. The van der Waals surface area contributed by atoms with Gasteiger partial charge in [0.25, 0.3) is 0 Å². The summed E-state index contributed by atoms with van der Waals surface area (Å²) in [5.74, 6) is 4.98. The van der Waals surface area contributed by atoms with Crippen LogP contribution in [0.25, 0.3) is 10.8 Å². The predicted octanol–water partition coefficient (Wildman–Crippen LogP) is 10.4. The van der Waals surface area contributed by atoms with Gasteiger partial charge in [-0.2, -0.15) is 0 Å². The summed E-state index contributed by atoms with van der Waals surface area (Å²) in [6, 6.07) is 14.1. The second-order valence-electron chi connectivity index (χ2n) is 15.1. The molecular formula is C38H52O2. The van der Waals surface area contributed by atoms with Crippen molar-refractivity contribution in [1.29, 1.82) is 0 Å². The van der Waals surface area contributed by atoms with E-state index in [4.69, 9.17) is 4.74 Å². The van der Waals surface area contributed by atoms with Crippen LogP contribution in [0.5, 0.6) is 0 Å². The van der Waals surface area contributed by atoms with Crippen LogP contribution in [-0.2, 0) is 4.74 Å². The first kappa shape index (κ1) is 28.0. The summed E-state index contributed by atoms with van der Waals surface area (Å²) in [5.41, 5.74) is 3.11. The smallest absolute Gasteiger partial charge is 0.339 e. The van der Waals surface area contributed by atoms with E-state index in [2.05, 4.69) is 52.8 Å². The summed E-state index contributed by atoms with van der Waals surface area (Å²) in [5, 5.41) is 2.09. The predicted molar refractivity (Wildman–Crippen MR) is 166 cm³/mol. The maximum absolute atomic E-state index is 13.3. The lowest BCUT2D eigenvalue weighted by Crippen LogP contribution is -2.51. The van der Waals surface area contributed by atoms with Crippen LogP contribution in [0.3, 0.4) is 0 Å². The van der Waals surface area contributed by atoms with Crippen LogP contribution >= 0.6 is 0 Å². The van der Waals surface area contributed by atoms with Gasteiger partial charge in [0.05, 0.1) is 5.56 Å². The van der Waals surface area contributed by atoms with Gasteiger partial charge in [-0.05, 0) is 108 Å². The van der Waals surface area contributed by atoms with Crippen LogP contribution in [-0.4, -0.2) is 12.1 Å². The zero-order valence-electron chi connectivity index (χ0n) is 25.8. The molecule has 6 rings (SSSR count). The molecule has 2 aromatic carbocycles. The van der Waals surface area contributed by atoms with Gasteiger partial charge in [-0.3, -0.25) is 0 Å². The van der Waals surface area contributed by atoms with Gasteiger partial charge in [-0.1, -0.05) is 102 Å². The zero-order chi connectivity index (χ0) is 28.1. The minimum absolute atomic E-state index is 0.00116. The molecule has 2 aromatic rings. The molecule has 0 aliphatic heterocycles. The van der Waals surface area contributed by atoms with Crippen LogP contribution in [0.2, 0.25) is 0 Å². The second kappa shape index (κ2) is 11.0. The Kier molecular flexibility index (Phi) is 7.68. The van der Waals surface area contributed by atoms with Crippen molar-refractivity contribution in [3.8, 4) is 0 Å². The van der Waals surface area contributed by atoms with Gasteiger partial charge in [-0.25, -0.2) is 4.79 Å². The minimum atomic E-state index is -0.160. The monoisotopic (exact) mass is 540 g/mol. The Labute approximate surface area is 243 Å². The topological polar surface area (TPSA) is 26.3 Å². The first-order chi connectivity index (χ1) is 19.2. The number of ether oxygens (including phenoxy) is 1. The van der Waals surface area contributed by atoms with E-state index >= 15 is 0 Å². The summed E-state index contributed by atoms with van der Waals surface area (Å²) in [6.45, 7) is 12.6. The average Bonchev–Trinajstić information content (AvgIpc) is 3.30. The first-order valence-corrected chi connectivity index (χ1v) is 16.6. The molecule has 0 saturated heterocycles. The highest BCUT2D eigenvalue weighted by atomic mass is 16.5. The Bertz CT molecular complexity index is 1250. The van der Waals surface area contributed by atoms with Crippen molar-refractivity contribution in [2.45, 2.75) is 111 Å². The number of carbonyl (C=O) groups is 1. The molecule has 4 aliphatic carbocycles. The first-order valence-electron chi connectivity index (χ1n) is 16.6. The van der Waals surface area contributed by atoms with E-state index in [0.29, 0.717) is 11.0 Å². The summed E-state index contributed by atoms with van der Waals surface area (Å²) < 4.78 is 6.21. The van der Waals surface area contributed by atoms with E-state index in [9.17, 15) is 4.79 Å². The van der Waals surface area contributed by atoms with E-state index < -0.39 is 0 Å². The van der Waals surface area contributed by atoms with Gasteiger partial charge >= 0.3 is 5.97 Å². The maximum Gasteiger partial charge on any atom is 0.339 e. The van der Waals surface area contributed by atoms with Crippen molar-refractivity contribution in [1.82, 2.24) is 0 Å². The fourth-order valence-electron chi connectivity index (χ4n) is 10.4. The molecule has 2 heteroatoms. The van der Waals surface area contributed by atoms with Gasteiger partial charge in [0, 0.05) is 6.42 Å². The number of benzene rings is 2. The molecule has 0 heterocycles. The molecular weight excluding hydrogens is 488 g/mol. The van der Waals surface area contributed by atoms with Crippen LogP contribution < -0.4 is 0 Å². The molecule has 40 heavy (non-hydrogen) atoms. The molecule has 8 unspecified atom stereocenters. The normalized spacial score (nSPS) is 36.0. The Balaban J connectivity index is 1.14. The minimum Gasteiger partial charge on any atom is -0.458 e. The van der Waals surface area contributed by atoms with Crippen molar-refractivity contribution in [3.63, 3.8) is 0 Å².